The van der Waals surface area contributed by atoms with Gasteiger partial charge in [-0.3, -0.25) is 4.79 Å². The summed E-state index contributed by atoms with van der Waals surface area (Å²) in [6.07, 6.45) is 0. The van der Waals surface area contributed by atoms with Crippen LogP contribution in [0.2, 0.25) is 0 Å². The average molecular weight is 280 g/mol. The van der Waals surface area contributed by atoms with E-state index in [9.17, 15) is 4.79 Å². The Kier molecular flexibility index (Phi) is 3.69. The summed E-state index contributed by atoms with van der Waals surface area (Å²) >= 11 is 0. The molecule has 1 amide bonds. The van der Waals surface area contributed by atoms with Gasteiger partial charge in [0.2, 0.25) is 11.8 Å². The molecule has 106 valence electrons. The standard InChI is InChI=1S/C17H16N2O2/c1-12(20)18-15-9-7-14(8-10-15)17-19-16(11-21-17)13-5-3-2-4-6-13/h2-10,16H,11H2,1H3,(H,18,20)/t16-/m0/s1. The van der Waals surface area contributed by atoms with Gasteiger partial charge in [-0.2, -0.15) is 0 Å². The van der Waals surface area contributed by atoms with Crippen LogP contribution in [0.25, 0.3) is 0 Å². The van der Waals surface area contributed by atoms with Crippen LogP contribution in [0.3, 0.4) is 0 Å². The Bertz CT molecular complexity index is 663. The zero-order chi connectivity index (χ0) is 14.7. The predicted molar refractivity (Wildman–Crippen MR) is 82.4 cm³/mol. The molecule has 0 spiro atoms. The minimum absolute atomic E-state index is 0.0521. The maximum atomic E-state index is 11.0. The Morgan fingerprint density at radius 1 is 1.14 bits per heavy atom. The van der Waals surface area contributed by atoms with Crippen molar-refractivity contribution < 1.29 is 9.53 Å². The Labute approximate surface area is 123 Å². The van der Waals surface area contributed by atoms with Crippen molar-refractivity contribution >= 4 is 17.5 Å². The Hall–Kier alpha value is -2.62. The van der Waals surface area contributed by atoms with Gasteiger partial charge < -0.3 is 10.1 Å². The lowest BCUT2D eigenvalue weighted by Crippen LogP contribution is -2.06. The normalized spacial score (nSPS) is 17.0. The van der Waals surface area contributed by atoms with E-state index in [-0.39, 0.29) is 11.9 Å². The summed E-state index contributed by atoms with van der Waals surface area (Å²) in [4.78, 5) is 15.6. The van der Waals surface area contributed by atoms with Crippen LogP contribution in [-0.4, -0.2) is 18.4 Å². The lowest BCUT2D eigenvalue weighted by molar-refractivity contribution is -0.114. The molecule has 0 saturated carbocycles. The van der Waals surface area contributed by atoms with E-state index in [1.54, 1.807) is 0 Å². The highest BCUT2D eigenvalue weighted by Crippen LogP contribution is 2.25. The molecular formula is C17H16N2O2. The predicted octanol–water partition coefficient (Wildman–Crippen LogP) is 3.16. The van der Waals surface area contributed by atoms with Crippen molar-refractivity contribution in [1.82, 2.24) is 0 Å². The SMILES string of the molecule is CC(=O)Nc1ccc(C2=N[C@H](c3ccccc3)CO2)cc1. The smallest absolute Gasteiger partial charge is 0.221 e. The monoisotopic (exact) mass is 280 g/mol. The molecule has 3 rings (SSSR count). The largest absolute Gasteiger partial charge is 0.475 e. The van der Waals surface area contributed by atoms with Gasteiger partial charge in [0.15, 0.2) is 0 Å². The molecule has 21 heavy (non-hydrogen) atoms. The first-order chi connectivity index (χ1) is 10.2. The van der Waals surface area contributed by atoms with E-state index < -0.39 is 0 Å². The number of carbonyl (C=O) groups excluding carboxylic acids is 1. The molecular weight excluding hydrogens is 264 g/mol. The summed E-state index contributed by atoms with van der Waals surface area (Å²) in [6.45, 7) is 2.05. The third-order valence-corrected chi connectivity index (χ3v) is 3.29. The van der Waals surface area contributed by atoms with Crippen LogP contribution in [0, 0.1) is 0 Å². The molecule has 2 aromatic carbocycles. The highest BCUT2D eigenvalue weighted by molar-refractivity contribution is 5.96. The van der Waals surface area contributed by atoms with Crippen LogP contribution in [0.1, 0.15) is 24.1 Å². The molecule has 1 aliphatic rings. The number of benzene rings is 2. The molecule has 0 bridgehead atoms. The van der Waals surface area contributed by atoms with Gasteiger partial charge in [-0.05, 0) is 29.8 Å². The van der Waals surface area contributed by atoms with E-state index >= 15 is 0 Å². The lowest BCUT2D eigenvalue weighted by Gasteiger charge is -2.04. The fraction of sp³-hybridized carbons (Fsp3) is 0.176. The van der Waals surface area contributed by atoms with Crippen molar-refractivity contribution in [3.63, 3.8) is 0 Å². The number of hydrogen-bond donors (Lipinski definition) is 1. The molecule has 1 N–H and O–H groups in total. The van der Waals surface area contributed by atoms with E-state index in [1.807, 2.05) is 42.5 Å². The van der Waals surface area contributed by atoms with Crippen molar-refractivity contribution in [3.8, 4) is 0 Å². The number of nitrogens with one attached hydrogen (secondary N) is 1. The number of hydrogen-bond acceptors (Lipinski definition) is 3. The first-order valence-corrected chi connectivity index (χ1v) is 6.86. The Morgan fingerprint density at radius 3 is 2.52 bits per heavy atom. The third kappa shape index (κ3) is 3.11. The quantitative estimate of drug-likeness (QED) is 0.939. The van der Waals surface area contributed by atoms with Gasteiger partial charge in [0.1, 0.15) is 12.6 Å². The number of nitrogens with zero attached hydrogens (tertiary/aromatic N) is 1. The molecule has 0 aromatic heterocycles. The summed E-state index contributed by atoms with van der Waals surface area (Å²) in [5.41, 5.74) is 2.84. The van der Waals surface area contributed by atoms with Crippen molar-refractivity contribution in [2.75, 3.05) is 11.9 Å². The fourth-order valence-electron chi connectivity index (χ4n) is 2.28. The Balaban J connectivity index is 1.77. The molecule has 0 aliphatic carbocycles. The molecule has 0 radical (unpaired) electrons. The van der Waals surface area contributed by atoms with Gasteiger partial charge in [0.25, 0.3) is 0 Å². The molecule has 0 saturated heterocycles. The summed E-state index contributed by atoms with van der Waals surface area (Å²) in [5, 5.41) is 2.74. The van der Waals surface area contributed by atoms with Gasteiger partial charge in [-0.15, -0.1) is 0 Å². The number of carbonyl (C=O) groups is 1. The molecule has 1 aliphatic heterocycles. The van der Waals surface area contributed by atoms with Gasteiger partial charge in [-0.1, -0.05) is 30.3 Å². The van der Waals surface area contributed by atoms with Crippen LogP contribution in [0.4, 0.5) is 5.69 Å². The number of rotatable bonds is 3. The van der Waals surface area contributed by atoms with Crippen LogP contribution in [0.5, 0.6) is 0 Å². The Morgan fingerprint density at radius 2 is 1.86 bits per heavy atom. The summed E-state index contributed by atoms with van der Waals surface area (Å²) in [7, 11) is 0. The number of ether oxygens (including phenoxy) is 1. The minimum atomic E-state index is -0.0821. The summed E-state index contributed by atoms with van der Waals surface area (Å²) < 4.78 is 5.69. The van der Waals surface area contributed by atoms with Crippen molar-refractivity contribution in [3.05, 3.63) is 65.7 Å². The third-order valence-electron chi connectivity index (χ3n) is 3.29. The maximum Gasteiger partial charge on any atom is 0.221 e. The highest BCUT2D eigenvalue weighted by Gasteiger charge is 2.21. The molecule has 4 nitrogen and oxygen atoms in total. The number of aliphatic imine (C=N–C) groups is 1. The lowest BCUT2D eigenvalue weighted by atomic mass is 10.1. The molecule has 4 heteroatoms. The summed E-state index contributed by atoms with van der Waals surface area (Å²) in [6, 6.07) is 17.7. The van der Waals surface area contributed by atoms with Crippen LogP contribution < -0.4 is 5.32 Å². The van der Waals surface area contributed by atoms with Gasteiger partial charge in [-0.25, -0.2) is 4.99 Å². The van der Waals surface area contributed by atoms with Crippen LogP contribution >= 0.6 is 0 Å². The van der Waals surface area contributed by atoms with E-state index in [4.69, 9.17) is 4.74 Å². The molecule has 0 unspecified atom stereocenters. The zero-order valence-corrected chi connectivity index (χ0v) is 11.7. The molecule has 1 atom stereocenters. The van der Waals surface area contributed by atoms with E-state index in [1.165, 1.54) is 6.92 Å². The topological polar surface area (TPSA) is 50.7 Å². The number of amides is 1. The fourth-order valence-corrected chi connectivity index (χ4v) is 2.28. The maximum absolute atomic E-state index is 11.0. The second-order valence-corrected chi connectivity index (χ2v) is 4.93. The van der Waals surface area contributed by atoms with E-state index in [2.05, 4.69) is 22.4 Å². The van der Waals surface area contributed by atoms with Crippen molar-refractivity contribution in [1.29, 1.82) is 0 Å². The van der Waals surface area contributed by atoms with Crippen LogP contribution in [0.15, 0.2) is 59.6 Å². The van der Waals surface area contributed by atoms with E-state index in [0.717, 1.165) is 16.8 Å². The molecule has 1 heterocycles. The van der Waals surface area contributed by atoms with Crippen LogP contribution in [-0.2, 0) is 9.53 Å². The van der Waals surface area contributed by atoms with Crippen molar-refractivity contribution in [2.24, 2.45) is 4.99 Å². The van der Waals surface area contributed by atoms with Gasteiger partial charge >= 0.3 is 0 Å². The minimum Gasteiger partial charge on any atom is -0.475 e. The zero-order valence-electron chi connectivity index (χ0n) is 11.7. The van der Waals surface area contributed by atoms with Gasteiger partial charge in [0.05, 0.1) is 0 Å². The van der Waals surface area contributed by atoms with Crippen molar-refractivity contribution in [2.45, 2.75) is 13.0 Å². The highest BCUT2D eigenvalue weighted by atomic mass is 16.5. The second kappa shape index (κ2) is 5.79. The second-order valence-electron chi connectivity index (χ2n) is 4.93. The average Bonchev–Trinajstić information content (AvgIpc) is 2.98. The molecule has 2 aromatic rings. The summed E-state index contributed by atoms with van der Waals surface area (Å²) in [5.74, 6) is 0.569. The first-order valence-electron chi connectivity index (χ1n) is 6.86. The molecule has 0 fully saturated rings. The first kappa shape index (κ1) is 13.4. The van der Waals surface area contributed by atoms with Gasteiger partial charge in [0, 0.05) is 18.2 Å². The van der Waals surface area contributed by atoms with E-state index in [0.29, 0.717) is 12.5 Å². The number of anilines is 1.